The van der Waals surface area contributed by atoms with Crippen LogP contribution in [0.5, 0.6) is 0 Å². The SMILES string of the molecule is COP(=O)(CC(=O)[C@H](CC1CCCNC1)NC(=O)OCc1ccccc1)OC. The van der Waals surface area contributed by atoms with E-state index in [1.807, 2.05) is 30.3 Å². The third-order valence-corrected chi connectivity index (χ3v) is 6.58. The Morgan fingerprint density at radius 2 is 1.96 bits per heavy atom. The zero-order valence-electron chi connectivity index (χ0n) is 16.4. The first kappa shape index (κ1) is 22.6. The molecule has 156 valence electrons. The monoisotopic (exact) mass is 412 g/mol. The number of piperidine rings is 1. The van der Waals surface area contributed by atoms with Crippen LogP contribution in [0, 0.1) is 5.92 Å². The molecule has 2 N–H and O–H groups in total. The van der Waals surface area contributed by atoms with Crippen molar-refractivity contribution >= 4 is 19.5 Å². The second-order valence-electron chi connectivity index (χ2n) is 6.81. The van der Waals surface area contributed by atoms with E-state index in [4.69, 9.17) is 13.8 Å². The number of nitrogens with one attached hydrogen (secondary N) is 2. The summed E-state index contributed by atoms with van der Waals surface area (Å²) in [5.74, 6) is -0.157. The van der Waals surface area contributed by atoms with Crippen LogP contribution < -0.4 is 10.6 Å². The fourth-order valence-electron chi connectivity index (χ4n) is 3.14. The quantitative estimate of drug-likeness (QED) is 0.570. The van der Waals surface area contributed by atoms with Crippen molar-refractivity contribution in [1.29, 1.82) is 0 Å². The van der Waals surface area contributed by atoms with Gasteiger partial charge in [0.15, 0.2) is 5.78 Å². The summed E-state index contributed by atoms with van der Waals surface area (Å²) in [6.45, 7) is 1.83. The summed E-state index contributed by atoms with van der Waals surface area (Å²) >= 11 is 0. The molecular weight excluding hydrogens is 383 g/mol. The molecule has 0 bridgehead atoms. The highest BCUT2D eigenvalue weighted by molar-refractivity contribution is 7.54. The fraction of sp³-hybridized carbons (Fsp3) is 0.579. The van der Waals surface area contributed by atoms with E-state index in [9.17, 15) is 14.2 Å². The van der Waals surface area contributed by atoms with Crippen LogP contribution in [0.15, 0.2) is 30.3 Å². The summed E-state index contributed by atoms with van der Waals surface area (Å²) in [5.41, 5.74) is 0.847. The predicted molar refractivity (Wildman–Crippen MR) is 105 cm³/mol. The van der Waals surface area contributed by atoms with Gasteiger partial charge in [0.05, 0.1) is 6.04 Å². The minimum absolute atomic E-state index is 0.104. The van der Waals surface area contributed by atoms with Gasteiger partial charge in [-0.1, -0.05) is 30.3 Å². The molecule has 1 saturated heterocycles. The van der Waals surface area contributed by atoms with Crippen molar-refractivity contribution in [2.24, 2.45) is 5.92 Å². The Kier molecular flexibility index (Phi) is 9.12. The van der Waals surface area contributed by atoms with Crippen LogP contribution in [-0.4, -0.2) is 51.4 Å². The molecular formula is C19H29N2O6P. The molecule has 0 aromatic heterocycles. The van der Waals surface area contributed by atoms with E-state index >= 15 is 0 Å². The third kappa shape index (κ3) is 7.36. The minimum Gasteiger partial charge on any atom is -0.445 e. The van der Waals surface area contributed by atoms with Crippen LogP contribution in [-0.2, 0) is 29.8 Å². The number of carbonyl (C=O) groups excluding carboxylic acids is 2. The zero-order valence-corrected chi connectivity index (χ0v) is 17.3. The van der Waals surface area contributed by atoms with E-state index in [1.54, 1.807) is 0 Å². The lowest BCUT2D eigenvalue weighted by Gasteiger charge is -2.27. The van der Waals surface area contributed by atoms with Crippen molar-refractivity contribution in [1.82, 2.24) is 10.6 Å². The summed E-state index contributed by atoms with van der Waals surface area (Å²) < 4.78 is 27.3. The summed E-state index contributed by atoms with van der Waals surface area (Å²) in [6, 6.07) is 8.46. The third-order valence-electron chi connectivity index (χ3n) is 4.77. The first-order valence-corrected chi connectivity index (χ1v) is 11.1. The van der Waals surface area contributed by atoms with E-state index < -0.39 is 31.7 Å². The van der Waals surface area contributed by atoms with Gasteiger partial charge in [-0.25, -0.2) is 4.79 Å². The molecule has 1 aromatic carbocycles. The Hall–Kier alpha value is -1.73. The van der Waals surface area contributed by atoms with Gasteiger partial charge >= 0.3 is 13.7 Å². The first-order chi connectivity index (χ1) is 13.5. The molecule has 0 aliphatic carbocycles. The van der Waals surface area contributed by atoms with Crippen LogP contribution in [0.3, 0.4) is 0 Å². The predicted octanol–water partition coefficient (Wildman–Crippen LogP) is 2.73. The van der Waals surface area contributed by atoms with Gasteiger partial charge in [-0.2, -0.15) is 0 Å². The molecule has 8 nitrogen and oxygen atoms in total. The van der Waals surface area contributed by atoms with Crippen LogP contribution >= 0.6 is 7.60 Å². The van der Waals surface area contributed by atoms with Crippen molar-refractivity contribution < 1.29 is 27.9 Å². The topological polar surface area (TPSA) is 103 Å². The average molecular weight is 412 g/mol. The Morgan fingerprint density at radius 1 is 1.25 bits per heavy atom. The number of hydrogen-bond donors (Lipinski definition) is 2. The lowest BCUT2D eigenvalue weighted by molar-refractivity contribution is -0.119. The maximum atomic E-state index is 12.7. The second kappa shape index (κ2) is 11.3. The summed E-state index contributed by atoms with van der Waals surface area (Å²) in [7, 11) is -1.04. The highest BCUT2D eigenvalue weighted by Gasteiger charge is 2.33. The first-order valence-electron chi connectivity index (χ1n) is 9.37. The van der Waals surface area contributed by atoms with Gasteiger partial charge in [-0.3, -0.25) is 9.36 Å². The van der Waals surface area contributed by atoms with Gasteiger partial charge in [0.25, 0.3) is 0 Å². The molecule has 0 spiro atoms. The molecule has 1 amide bonds. The largest absolute Gasteiger partial charge is 0.445 e. The second-order valence-corrected chi connectivity index (χ2v) is 9.08. The van der Waals surface area contributed by atoms with E-state index in [-0.39, 0.29) is 12.5 Å². The Bertz CT molecular complexity index is 670. The number of alkyl carbamates (subject to hydrolysis) is 1. The number of Topliss-reactive ketones (excluding diaryl/α,β-unsaturated/α-hetero) is 1. The number of carbonyl (C=O) groups is 2. The Labute approximate surface area is 165 Å². The smallest absolute Gasteiger partial charge is 0.408 e. The van der Waals surface area contributed by atoms with E-state index in [0.29, 0.717) is 6.42 Å². The average Bonchev–Trinajstić information content (AvgIpc) is 2.73. The van der Waals surface area contributed by atoms with Crippen LogP contribution in [0.1, 0.15) is 24.8 Å². The van der Waals surface area contributed by atoms with Gasteiger partial charge in [0.1, 0.15) is 12.8 Å². The van der Waals surface area contributed by atoms with Crippen molar-refractivity contribution in [2.45, 2.75) is 31.9 Å². The van der Waals surface area contributed by atoms with Gasteiger partial charge in [-0.15, -0.1) is 0 Å². The summed E-state index contributed by atoms with van der Waals surface area (Å²) in [4.78, 5) is 25.0. The van der Waals surface area contributed by atoms with Gasteiger partial charge < -0.3 is 24.4 Å². The number of rotatable bonds is 10. The number of benzene rings is 1. The summed E-state index contributed by atoms with van der Waals surface area (Å²) in [6.07, 6.45) is 1.34. The van der Waals surface area contributed by atoms with Gasteiger partial charge in [0.2, 0.25) is 0 Å². The van der Waals surface area contributed by atoms with E-state index in [1.165, 1.54) is 14.2 Å². The highest BCUT2D eigenvalue weighted by atomic mass is 31.2. The number of ketones is 1. The fourth-order valence-corrected chi connectivity index (χ4v) is 4.15. The zero-order chi connectivity index (χ0) is 20.4. The Morgan fingerprint density at radius 3 is 2.57 bits per heavy atom. The molecule has 9 heteroatoms. The molecule has 1 fully saturated rings. The normalized spacial score (nSPS) is 18.3. The Balaban J connectivity index is 1.98. The van der Waals surface area contributed by atoms with Gasteiger partial charge in [0, 0.05) is 14.2 Å². The number of amides is 1. The van der Waals surface area contributed by atoms with Crippen LogP contribution in [0.4, 0.5) is 4.79 Å². The van der Waals surface area contributed by atoms with Crippen molar-refractivity contribution in [3.8, 4) is 0 Å². The highest BCUT2D eigenvalue weighted by Crippen LogP contribution is 2.46. The lowest BCUT2D eigenvalue weighted by atomic mass is 9.91. The molecule has 1 aliphatic rings. The molecule has 0 radical (unpaired) electrons. The molecule has 2 atom stereocenters. The number of hydrogen-bond acceptors (Lipinski definition) is 7. The number of ether oxygens (including phenoxy) is 1. The molecule has 1 aromatic rings. The maximum absolute atomic E-state index is 12.7. The van der Waals surface area contributed by atoms with E-state index in [2.05, 4.69) is 10.6 Å². The van der Waals surface area contributed by atoms with Crippen molar-refractivity contribution in [3.05, 3.63) is 35.9 Å². The van der Waals surface area contributed by atoms with E-state index in [0.717, 1.165) is 31.5 Å². The molecule has 1 heterocycles. The van der Waals surface area contributed by atoms with Crippen LogP contribution in [0.2, 0.25) is 0 Å². The minimum atomic E-state index is -3.51. The lowest BCUT2D eigenvalue weighted by Crippen LogP contribution is -2.45. The molecule has 1 aliphatic heterocycles. The van der Waals surface area contributed by atoms with Crippen molar-refractivity contribution in [3.63, 3.8) is 0 Å². The summed E-state index contributed by atoms with van der Waals surface area (Å²) in [5, 5.41) is 5.92. The van der Waals surface area contributed by atoms with Crippen LogP contribution in [0.25, 0.3) is 0 Å². The molecule has 0 saturated carbocycles. The standard InChI is InChI=1S/C19H29N2O6P/c1-25-28(24,26-2)14-18(22)17(11-16-9-6-10-20-12-16)21-19(23)27-13-15-7-4-3-5-8-15/h3-5,7-8,16-17,20H,6,9-14H2,1-2H3,(H,21,23)/t16?,17-/m0/s1. The molecule has 1 unspecified atom stereocenters. The maximum Gasteiger partial charge on any atom is 0.408 e. The van der Waals surface area contributed by atoms with Gasteiger partial charge in [-0.05, 0) is 43.8 Å². The molecule has 2 rings (SSSR count). The van der Waals surface area contributed by atoms with Crippen molar-refractivity contribution in [2.75, 3.05) is 33.5 Å². The molecule has 28 heavy (non-hydrogen) atoms.